The van der Waals surface area contributed by atoms with Crippen LogP contribution in [0, 0.1) is 0 Å². The molecule has 25 heavy (non-hydrogen) atoms. The molecule has 134 valence electrons. The van der Waals surface area contributed by atoms with Crippen molar-refractivity contribution >= 4 is 11.8 Å². The Hall–Kier alpha value is -1.60. The highest BCUT2D eigenvalue weighted by Crippen LogP contribution is 2.25. The molecule has 0 amide bonds. The maximum Gasteiger partial charge on any atom is 0.210 e. The molecule has 0 unspecified atom stereocenters. The first-order valence-corrected chi connectivity index (χ1v) is 10.4. The summed E-state index contributed by atoms with van der Waals surface area (Å²) in [7, 11) is 0. The molecular formula is C18H26N6S. The lowest BCUT2D eigenvalue weighted by Crippen LogP contribution is -2.40. The number of thioether (sulfide) groups is 1. The van der Waals surface area contributed by atoms with Crippen molar-refractivity contribution < 1.29 is 0 Å². The fourth-order valence-corrected chi connectivity index (χ4v) is 4.57. The Labute approximate surface area is 153 Å². The Kier molecular flexibility index (Phi) is 5.52. The van der Waals surface area contributed by atoms with Gasteiger partial charge in [-0.25, -0.2) is 4.68 Å². The first kappa shape index (κ1) is 16.8. The van der Waals surface area contributed by atoms with E-state index in [0.29, 0.717) is 0 Å². The topological polar surface area (TPSA) is 50.1 Å². The lowest BCUT2D eigenvalue weighted by atomic mass is 10.2. The molecule has 2 aromatic heterocycles. The van der Waals surface area contributed by atoms with Crippen molar-refractivity contribution in [2.75, 3.05) is 43.5 Å². The number of likely N-dealkylation sites (tertiary alicyclic amines) is 1. The minimum absolute atomic E-state index is 0.867. The molecule has 4 heterocycles. The Morgan fingerprint density at radius 3 is 2.48 bits per heavy atom. The number of piperidine rings is 1. The summed E-state index contributed by atoms with van der Waals surface area (Å²) in [6.45, 7) is 5.77. The van der Waals surface area contributed by atoms with Crippen LogP contribution in [-0.4, -0.2) is 63.2 Å². The van der Waals surface area contributed by atoms with E-state index >= 15 is 0 Å². The van der Waals surface area contributed by atoms with Gasteiger partial charge in [0.25, 0.3) is 0 Å². The van der Waals surface area contributed by atoms with Gasteiger partial charge in [-0.1, -0.05) is 17.8 Å². The van der Waals surface area contributed by atoms with Gasteiger partial charge in [-0.05, 0) is 57.3 Å². The van der Waals surface area contributed by atoms with Gasteiger partial charge in [-0.3, -0.25) is 4.98 Å². The number of nitrogens with zero attached hydrogens (tertiary/aromatic N) is 6. The lowest BCUT2D eigenvalue weighted by molar-refractivity contribution is 0.361. The molecule has 0 bridgehead atoms. The van der Waals surface area contributed by atoms with Crippen LogP contribution in [0.2, 0.25) is 0 Å². The highest BCUT2D eigenvalue weighted by Gasteiger charge is 2.22. The Morgan fingerprint density at radius 2 is 1.72 bits per heavy atom. The minimum atomic E-state index is 0.867. The second-order valence-corrected chi connectivity index (χ2v) is 7.81. The van der Waals surface area contributed by atoms with E-state index in [9.17, 15) is 0 Å². The molecular weight excluding hydrogens is 332 g/mol. The van der Waals surface area contributed by atoms with Gasteiger partial charge in [-0.15, -0.1) is 10.2 Å². The molecule has 6 nitrogen and oxygen atoms in total. The van der Waals surface area contributed by atoms with Crippen LogP contribution in [0.3, 0.4) is 0 Å². The summed E-state index contributed by atoms with van der Waals surface area (Å²) in [5.41, 5.74) is 0.895. The molecule has 2 fully saturated rings. The zero-order chi connectivity index (χ0) is 16.9. The number of aromatic nitrogens is 4. The van der Waals surface area contributed by atoms with E-state index < -0.39 is 0 Å². The third kappa shape index (κ3) is 3.98. The lowest BCUT2D eigenvalue weighted by Gasteiger charge is -2.31. The quantitative estimate of drug-likeness (QED) is 0.740. The molecule has 2 aliphatic rings. The second-order valence-electron chi connectivity index (χ2n) is 6.74. The van der Waals surface area contributed by atoms with Crippen molar-refractivity contribution in [1.29, 1.82) is 0 Å². The highest BCUT2D eigenvalue weighted by molar-refractivity contribution is 7.99. The van der Waals surface area contributed by atoms with E-state index in [0.717, 1.165) is 42.1 Å². The van der Waals surface area contributed by atoms with Gasteiger partial charge in [0.05, 0.1) is 0 Å². The molecule has 7 heteroatoms. The molecule has 0 aliphatic carbocycles. The highest BCUT2D eigenvalue weighted by atomic mass is 32.2. The molecule has 0 saturated carbocycles. The summed E-state index contributed by atoms with van der Waals surface area (Å²) in [4.78, 5) is 7.04. The smallest absolute Gasteiger partial charge is 0.210 e. The van der Waals surface area contributed by atoms with Gasteiger partial charge < -0.3 is 9.91 Å². The third-order valence-corrected chi connectivity index (χ3v) is 5.86. The van der Waals surface area contributed by atoms with Crippen molar-refractivity contribution in [3.05, 3.63) is 24.4 Å². The molecule has 0 radical (unpaired) electrons. The van der Waals surface area contributed by atoms with Gasteiger partial charge in [0.15, 0.2) is 0 Å². The molecule has 0 atom stereocenters. The molecule has 0 N–H and O–H groups in total. The van der Waals surface area contributed by atoms with Crippen LogP contribution in [0.15, 0.2) is 29.6 Å². The van der Waals surface area contributed by atoms with Crippen LogP contribution in [0.25, 0.3) is 11.5 Å². The van der Waals surface area contributed by atoms with Crippen LogP contribution in [-0.2, 0) is 0 Å². The van der Waals surface area contributed by atoms with Crippen LogP contribution in [0.5, 0.6) is 0 Å². The number of hydrogen-bond donors (Lipinski definition) is 0. The van der Waals surface area contributed by atoms with Crippen LogP contribution in [0.1, 0.15) is 32.1 Å². The summed E-state index contributed by atoms with van der Waals surface area (Å²) in [5, 5.41) is 12.4. The van der Waals surface area contributed by atoms with E-state index in [1.54, 1.807) is 0 Å². The van der Waals surface area contributed by atoms with Crippen molar-refractivity contribution in [2.45, 2.75) is 37.3 Å². The summed E-state index contributed by atoms with van der Waals surface area (Å²) in [6, 6.07) is 5.97. The van der Waals surface area contributed by atoms with Crippen LogP contribution in [0.4, 0.5) is 0 Å². The van der Waals surface area contributed by atoms with E-state index in [4.69, 9.17) is 0 Å². The Balaban J connectivity index is 1.53. The molecule has 2 aromatic rings. The summed E-state index contributed by atoms with van der Waals surface area (Å²) < 4.78 is 2.22. The molecule has 0 aromatic carbocycles. The van der Waals surface area contributed by atoms with E-state index in [-0.39, 0.29) is 0 Å². The first-order chi connectivity index (χ1) is 12.4. The largest absolute Gasteiger partial charge is 0.309 e. The maximum atomic E-state index is 4.51. The average molecular weight is 359 g/mol. The zero-order valence-electron chi connectivity index (χ0n) is 14.7. The van der Waals surface area contributed by atoms with Crippen molar-refractivity contribution in [1.82, 2.24) is 24.8 Å². The van der Waals surface area contributed by atoms with E-state index in [1.807, 2.05) is 36.2 Å². The Bertz CT molecular complexity index is 661. The number of pyridine rings is 1. The molecule has 2 aliphatic heterocycles. The fourth-order valence-electron chi connectivity index (χ4n) is 3.61. The second kappa shape index (κ2) is 8.19. The van der Waals surface area contributed by atoms with Gasteiger partial charge in [-0.2, -0.15) is 0 Å². The van der Waals surface area contributed by atoms with Gasteiger partial charge >= 0.3 is 0 Å². The zero-order valence-corrected chi connectivity index (χ0v) is 15.5. The predicted octanol–water partition coefficient (Wildman–Crippen LogP) is 2.65. The standard InChI is InChI=1S/C18H26N6S/c1-4-12-23(13-5-1)24-17(16-8-2-3-9-19-16)20-21-18(24)25-15-14-22-10-6-7-11-22/h2-3,8-9H,1,4-7,10-15H2. The SMILES string of the molecule is c1ccc(-c2nnc(SCCN3CCCC3)n2N2CCCCC2)nc1. The number of hydrogen-bond acceptors (Lipinski definition) is 6. The van der Waals surface area contributed by atoms with Crippen LogP contribution >= 0.6 is 11.8 Å². The van der Waals surface area contributed by atoms with Gasteiger partial charge in [0.2, 0.25) is 11.0 Å². The van der Waals surface area contributed by atoms with Crippen molar-refractivity contribution in [3.63, 3.8) is 0 Å². The van der Waals surface area contributed by atoms with E-state index in [1.165, 1.54) is 45.2 Å². The summed E-state index contributed by atoms with van der Waals surface area (Å²) in [6.07, 6.45) is 8.30. The predicted molar refractivity (Wildman–Crippen MR) is 101 cm³/mol. The summed E-state index contributed by atoms with van der Waals surface area (Å²) in [5.74, 6) is 1.93. The summed E-state index contributed by atoms with van der Waals surface area (Å²) >= 11 is 1.82. The minimum Gasteiger partial charge on any atom is -0.309 e. The first-order valence-electron chi connectivity index (χ1n) is 9.39. The van der Waals surface area contributed by atoms with E-state index in [2.05, 4.69) is 29.8 Å². The Morgan fingerprint density at radius 1 is 0.920 bits per heavy atom. The average Bonchev–Trinajstić information content (AvgIpc) is 3.33. The molecule has 2 saturated heterocycles. The van der Waals surface area contributed by atoms with Gasteiger partial charge in [0, 0.05) is 31.6 Å². The van der Waals surface area contributed by atoms with Crippen molar-refractivity contribution in [3.8, 4) is 11.5 Å². The third-order valence-electron chi connectivity index (χ3n) is 4.96. The normalized spacial score (nSPS) is 18.8. The van der Waals surface area contributed by atoms with Crippen LogP contribution < -0.4 is 5.01 Å². The number of rotatable bonds is 6. The maximum absolute atomic E-state index is 4.51. The van der Waals surface area contributed by atoms with Crippen molar-refractivity contribution in [2.24, 2.45) is 0 Å². The monoisotopic (exact) mass is 358 g/mol. The van der Waals surface area contributed by atoms with Gasteiger partial charge in [0.1, 0.15) is 5.69 Å². The molecule has 4 rings (SSSR count). The molecule has 0 spiro atoms. The fraction of sp³-hybridized carbons (Fsp3) is 0.611.